The molecule has 3 heteroatoms. The quantitative estimate of drug-likeness (QED) is 0.422. The van der Waals surface area contributed by atoms with Crippen molar-refractivity contribution < 1.29 is 4.79 Å². The summed E-state index contributed by atoms with van der Waals surface area (Å²) >= 11 is 6.05. The van der Waals surface area contributed by atoms with Crippen LogP contribution in [0.2, 0.25) is 5.02 Å². The molecule has 0 N–H and O–H groups in total. The Hall–Kier alpha value is -3.28. The summed E-state index contributed by atoms with van der Waals surface area (Å²) in [4.78, 5) is 14.7. The standard InChI is InChI=1S/C24H16ClNO/c1-26-22-10-6-5-9-21(22)23(24(26)27)20(18-12-14-19(25)15-13-18)16-11-17-7-3-2-4-8-17/h2-10,12-15H,1H3/b23-20-. The number of hydrogen-bond donors (Lipinski definition) is 0. The maximum atomic E-state index is 13.0. The van der Waals surface area contributed by atoms with E-state index in [-0.39, 0.29) is 5.91 Å². The second-order valence-electron chi connectivity index (χ2n) is 6.25. The minimum Gasteiger partial charge on any atom is -0.311 e. The zero-order chi connectivity index (χ0) is 18.8. The molecule has 3 aromatic rings. The van der Waals surface area contributed by atoms with Crippen LogP contribution in [0.3, 0.4) is 0 Å². The Labute approximate surface area is 163 Å². The number of fused-ring (bicyclic) bond motifs is 1. The van der Waals surface area contributed by atoms with E-state index >= 15 is 0 Å². The largest absolute Gasteiger partial charge is 0.311 e. The smallest absolute Gasteiger partial charge is 0.260 e. The van der Waals surface area contributed by atoms with Gasteiger partial charge in [0.2, 0.25) is 0 Å². The summed E-state index contributed by atoms with van der Waals surface area (Å²) in [5.74, 6) is 6.38. The third-order valence-electron chi connectivity index (χ3n) is 4.54. The van der Waals surface area contributed by atoms with E-state index in [1.54, 1.807) is 11.9 Å². The second-order valence-corrected chi connectivity index (χ2v) is 6.69. The summed E-state index contributed by atoms with van der Waals surface area (Å²) in [5.41, 5.74) is 4.90. The van der Waals surface area contributed by atoms with E-state index in [0.29, 0.717) is 16.2 Å². The van der Waals surface area contributed by atoms with Crippen molar-refractivity contribution in [3.05, 3.63) is 101 Å². The molecular formula is C24H16ClNO. The van der Waals surface area contributed by atoms with Crippen LogP contribution in [0.15, 0.2) is 78.9 Å². The molecule has 0 spiro atoms. The lowest BCUT2D eigenvalue weighted by atomic mass is 9.95. The fourth-order valence-electron chi connectivity index (χ4n) is 3.16. The molecule has 0 unspecified atom stereocenters. The Balaban J connectivity index is 1.96. The van der Waals surface area contributed by atoms with Gasteiger partial charge in [-0.05, 0) is 35.9 Å². The highest BCUT2D eigenvalue weighted by Crippen LogP contribution is 2.39. The molecule has 27 heavy (non-hydrogen) atoms. The number of allylic oxidation sites excluding steroid dienone is 1. The summed E-state index contributed by atoms with van der Waals surface area (Å²) in [6.07, 6.45) is 0. The molecular weight excluding hydrogens is 354 g/mol. The lowest BCUT2D eigenvalue weighted by molar-refractivity contribution is -0.112. The normalized spacial score (nSPS) is 14.4. The van der Waals surface area contributed by atoms with E-state index in [1.807, 2.05) is 78.9 Å². The number of para-hydroxylation sites is 1. The van der Waals surface area contributed by atoms with Gasteiger partial charge < -0.3 is 4.90 Å². The molecule has 130 valence electrons. The molecule has 2 nitrogen and oxygen atoms in total. The van der Waals surface area contributed by atoms with Gasteiger partial charge in [0.25, 0.3) is 5.91 Å². The number of likely N-dealkylation sites (N-methyl/N-ethyl adjacent to an activating group) is 1. The van der Waals surface area contributed by atoms with E-state index in [9.17, 15) is 4.79 Å². The minimum absolute atomic E-state index is 0.0523. The van der Waals surface area contributed by atoms with Gasteiger partial charge in [-0.3, -0.25) is 4.79 Å². The minimum atomic E-state index is -0.0523. The van der Waals surface area contributed by atoms with E-state index in [0.717, 1.165) is 22.4 Å². The van der Waals surface area contributed by atoms with Gasteiger partial charge in [0, 0.05) is 28.8 Å². The average molecular weight is 370 g/mol. The maximum absolute atomic E-state index is 13.0. The number of benzene rings is 3. The van der Waals surface area contributed by atoms with Crippen molar-refractivity contribution in [2.45, 2.75) is 0 Å². The SMILES string of the molecule is CN1C(=O)/C(=C(/C#Cc2ccccc2)c2ccc(Cl)cc2)c2ccccc21. The van der Waals surface area contributed by atoms with Crippen LogP contribution < -0.4 is 4.90 Å². The van der Waals surface area contributed by atoms with Crippen molar-refractivity contribution >= 4 is 34.3 Å². The molecule has 0 radical (unpaired) electrons. The first kappa shape index (κ1) is 17.1. The van der Waals surface area contributed by atoms with Crippen LogP contribution in [0, 0.1) is 11.8 Å². The molecule has 0 atom stereocenters. The second kappa shape index (κ2) is 7.15. The van der Waals surface area contributed by atoms with Crippen LogP contribution in [0.4, 0.5) is 5.69 Å². The van der Waals surface area contributed by atoms with Crippen molar-refractivity contribution in [1.29, 1.82) is 0 Å². The van der Waals surface area contributed by atoms with Gasteiger partial charge in [0.15, 0.2) is 0 Å². The van der Waals surface area contributed by atoms with Crippen LogP contribution in [-0.2, 0) is 4.79 Å². The van der Waals surface area contributed by atoms with Crippen LogP contribution in [-0.4, -0.2) is 13.0 Å². The van der Waals surface area contributed by atoms with Crippen molar-refractivity contribution in [1.82, 2.24) is 0 Å². The van der Waals surface area contributed by atoms with Crippen LogP contribution in [0.5, 0.6) is 0 Å². The number of rotatable bonds is 1. The third-order valence-corrected chi connectivity index (χ3v) is 4.79. The number of carbonyl (C=O) groups is 1. The van der Waals surface area contributed by atoms with Crippen molar-refractivity contribution in [2.75, 3.05) is 11.9 Å². The van der Waals surface area contributed by atoms with E-state index in [2.05, 4.69) is 11.8 Å². The Morgan fingerprint density at radius 2 is 1.56 bits per heavy atom. The predicted molar refractivity (Wildman–Crippen MR) is 111 cm³/mol. The average Bonchev–Trinajstić information content (AvgIpc) is 2.96. The van der Waals surface area contributed by atoms with Crippen LogP contribution in [0.1, 0.15) is 16.7 Å². The highest BCUT2D eigenvalue weighted by Gasteiger charge is 2.32. The lowest BCUT2D eigenvalue weighted by Crippen LogP contribution is -2.20. The highest BCUT2D eigenvalue weighted by atomic mass is 35.5. The van der Waals surface area contributed by atoms with Gasteiger partial charge in [-0.1, -0.05) is 72.0 Å². The van der Waals surface area contributed by atoms with Gasteiger partial charge in [-0.25, -0.2) is 0 Å². The molecule has 0 saturated carbocycles. The first-order valence-electron chi connectivity index (χ1n) is 8.60. The number of amides is 1. The van der Waals surface area contributed by atoms with Gasteiger partial charge in [-0.2, -0.15) is 0 Å². The van der Waals surface area contributed by atoms with E-state index in [4.69, 9.17) is 11.6 Å². The lowest BCUT2D eigenvalue weighted by Gasteiger charge is -2.09. The number of hydrogen-bond acceptors (Lipinski definition) is 1. The molecule has 0 fully saturated rings. The van der Waals surface area contributed by atoms with Crippen molar-refractivity contribution in [2.24, 2.45) is 0 Å². The number of anilines is 1. The summed E-state index contributed by atoms with van der Waals surface area (Å²) < 4.78 is 0. The van der Waals surface area contributed by atoms with Crippen LogP contribution in [0.25, 0.3) is 11.1 Å². The fraction of sp³-hybridized carbons (Fsp3) is 0.0417. The monoisotopic (exact) mass is 369 g/mol. The van der Waals surface area contributed by atoms with E-state index in [1.165, 1.54) is 0 Å². The first-order valence-corrected chi connectivity index (χ1v) is 8.97. The van der Waals surface area contributed by atoms with Gasteiger partial charge in [0.1, 0.15) is 0 Å². The summed E-state index contributed by atoms with van der Waals surface area (Å²) in [7, 11) is 1.79. The topological polar surface area (TPSA) is 20.3 Å². The molecule has 1 amide bonds. The first-order chi connectivity index (χ1) is 13.1. The summed E-state index contributed by atoms with van der Waals surface area (Å²) in [6.45, 7) is 0. The summed E-state index contributed by atoms with van der Waals surface area (Å²) in [5, 5.41) is 0.648. The molecule has 3 aromatic carbocycles. The predicted octanol–water partition coefficient (Wildman–Crippen LogP) is 5.28. The number of carbonyl (C=O) groups excluding carboxylic acids is 1. The zero-order valence-electron chi connectivity index (χ0n) is 14.7. The molecule has 1 aliphatic rings. The zero-order valence-corrected chi connectivity index (χ0v) is 15.5. The summed E-state index contributed by atoms with van der Waals surface area (Å²) in [6, 6.07) is 25.0. The van der Waals surface area contributed by atoms with E-state index < -0.39 is 0 Å². The molecule has 1 aliphatic heterocycles. The molecule has 1 heterocycles. The Morgan fingerprint density at radius 1 is 0.889 bits per heavy atom. The molecule has 0 aromatic heterocycles. The fourth-order valence-corrected chi connectivity index (χ4v) is 3.29. The number of nitrogens with zero attached hydrogens (tertiary/aromatic N) is 1. The highest BCUT2D eigenvalue weighted by molar-refractivity contribution is 6.39. The Morgan fingerprint density at radius 3 is 2.30 bits per heavy atom. The van der Waals surface area contributed by atoms with Crippen molar-refractivity contribution in [3.63, 3.8) is 0 Å². The van der Waals surface area contributed by atoms with Gasteiger partial charge in [0.05, 0.1) is 11.3 Å². The Bertz CT molecular complexity index is 1100. The third kappa shape index (κ3) is 3.26. The number of halogens is 1. The maximum Gasteiger partial charge on any atom is 0.260 e. The van der Waals surface area contributed by atoms with Gasteiger partial charge >= 0.3 is 0 Å². The Kier molecular flexibility index (Phi) is 4.54. The molecule has 0 bridgehead atoms. The molecule has 4 rings (SSSR count). The van der Waals surface area contributed by atoms with Crippen molar-refractivity contribution in [3.8, 4) is 11.8 Å². The molecule has 0 aliphatic carbocycles. The van der Waals surface area contributed by atoms with Crippen LogP contribution >= 0.6 is 11.6 Å². The van der Waals surface area contributed by atoms with Gasteiger partial charge in [-0.15, -0.1) is 0 Å². The molecule has 0 saturated heterocycles.